The molecule has 0 spiro atoms. The van der Waals surface area contributed by atoms with Gasteiger partial charge in [0.15, 0.2) is 0 Å². The highest BCUT2D eigenvalue weighted by Crippen LogP contribution is 2.16. The van der Waals surface area contributed by atoms with E-state index in [1.54, 1.807) is 0 Å². The van der Waals surface area contributed by atoms with Crippen molar-refractivity contribution >= 4 is 31.9 Å². The zero-order valence-electron chi connectivity index (χ0n) is 6.70. The highest BCUT2D eigenvalue weighted by molar-refractivity contribution is 9.10. The zero-order valence-corrected chi connectivity index (χ0v) is 9.87. The monoisotopic (exact) mass is 286 g/mol. The van der Waals surface area contributed by atoms with Crippen molar-refractivity contribution in [1.82, 2.24) is 0 Å². The fraction of sp³-hybridized carbons (Fsp3) is 0.200. The molecule has 0 aliphatic rings. The first-order chi connectivity index (χ1) is 5.74. The van der Waals surface area contributed by atoms with E-state index < -0.39 is 0 Å². The van der Waals surface area contributed by atoms with Crippen LogP contribution in [0.4, 0.5) is 0 Å². The fourth-order valence-corrected chi connectivity index (χ4v) is 1.35. The highest BCUT2D eigenvalue weighted by Gasteiger charge is 1.94. The van der Waals surface area contributed by atoms with E-state index in [1.807, 2.05) is 6.07 Å². The SMILES string of the molecule is Cc1ccc(Br)c(C#CCBr)c1. The number of alkyl halides is 1. The number of hydrogen-bond acceptors (Lipinski definition) is 0. The molecule has 1 aromatic carbocycles. The molecule has 0 radical (unpaired) electrons. The Kier molecular flexibility index (Phi) is 3.84. The van der Waals surface area contributed by atoms with Gasteiger partial charge in [0.2, 0.25) is 0 Å². The van der Waals surface area contributed by atoms with E-state index in [2.05, 4.69) is 62.8 Å². The molecule has 2 heteroatoms. The zero-order chi connectivity index (χ0) is 8.97. The molecule has 0 aliphatic heterocycles. The molecule has 0 saturated carbocycles. The Balaban J connectivity index is 3.05. The van der Waals surface area contributed by atoms with Crippen LogP contribution in [0.5, 0.6) is 0 Å². The van der Waals surface area contributed by atoms with Crippen molar-refractivity contribution < 1.29 is 0 Å². The van der Waals surface area contributed by atoms with Gasteiger partial charge in [-0.2, -0.15) is 0 Å². The van der Waals surface area contributed by atoms with Crippen molar-refractivity contribution in [3.63, 3.8) is 0 Å². The molecule has 0 saturated heterocycles. The number of halogens is 2. The van der Waals surface area contributed by atoms with Crippen LogP contribution in [-0.4, -0.2) is 5.33 Å². The molecule has 0 atom stereocenters. The Labute approximate surface area is 89.6 Å². The normalized spacial score (nSPS) is 8.92. The lowest BCUT2D eigenvalue weighted by Crippen LogP contribution is -1.79. The number of hydrogen-bond donors (Lipinski definition) is 0. The molecular weight excluding hydrogens is 280 g/mol. The second kappa shape index (κ2) is 4.69. The van der Waals surface area contributed by atoms with E-state index in [0.717, 1.165) is 10.0 Å². The summed E-state index contributed by atoms with van der Waals surface area (Å²) in [5.41, 5.74) is 2.28. The minimum Gasteiger partial charge on any atom is -0.0863 e. The van der Waals surface area contributed by atoms with Crippen molar-refractivity contribution in [2.45, 2.75) is 6.92 Å². The van der Waals surface area contributed by atoms with Crippen LogP contribution in [0.3, 0.4) is 0 Å². The van der Waals surface area contributed by atoms with Crippen LogP contribution in [0.15, 0.2) is 22.7 Å². The number of benzene rings is 1. The molecule has 0 bridgehead atoms. The summed E-state index contributed by atoms with van der Waals surface area (Å²) in [7, 11) is 0. The summed E-state index contributed by atoms with van der Waals surface area (Å²) in [6.45, 7) is 2.06. The first-order valence-corrected chi connectivity index (χ1v) is 5.46. The fourth-order valence-electron chi connectivity index (χ4n) is 0.864. The Morgan fingerprint density at radius 2 is 2.17 bits per heavy atom. The third-order valence-electron chi connectivity index (χ3n) is 1.41. The second-order valence-corrected chi connectivity index (χ2v) is 3.83. The first-order valence-electron chi connectivity index (χ1n) is 3.55. The van der Waals surface area contributed by atoms with Crippen molar-refractivity contribution in [2.24, 2.45) is 0 Å². The van der Waals surface area contributed by atoms with E-state index in [1.165, 1.54) is 5.56 Å². The number of rotatable bonds is 0. The van der Waals surface area contributed by atoms with Crippen LogP contribution in [0.1, 0.15) is 11.1 Å². The molecule has 0 aromatic heterocycles. The van der Waals surface area contributed by atoms with Gasteiger partial charge in [0.25, 0.3) is 0 Å². The standard InChI is InChI=1S/C10H8Br2/c1-8-4-5-10(12)9(7-8)3-2-6-11/h4-5,7H,6H2,1H3. The van der Waals surface area contributed by atoms with Crippen LogP contribution in [0.25, 0.3) is 0 Å². The molecule has 1 rings (SSSR count). The maximum absolute atomic E-state index is 3.44. The summed E-state index contributed by atoms with van der Waals surface area (Å²) in [5.74, 6) is 6.03. The first kappa shape index (κ1) is 9.83. The Bertz CT molecular complexity index is 331. The molecule has 0 aliphatic carbocycles. The van der Waals surface area contributed by atoms with Gasteiger partial charge in [-0.1, -0.05) is 33.8 Å². The largest absolute Gasteiger partial charge is 0.0863 e. The van der Waals surface area contributed by atoms with Gasteiger partial charge in [-0.05, 0) is 40.5 Å². The average molecular weight is 288 g/mol. The summed E-state index contributed by atoms with van der Waals surface area (Å²) in [6, 6.07) is 6.15. The maximum Gasteiger partial charge on any atom is 0.0649 e. The molecular formula is C10H8Br2. The minimum absolute atomic E-state index is 0.716. The predicted molar refractivity (Wildman–Crippen MR) is 59.6 cm³/mol. The van der Waals surface area contributed by atoms with Gasteiger partial charge >= 0.3 is 0 Å². The van der Waals surface area contributed by atoms with E-state index in [4.69, 9.17) is 0 Å². The lowest BCUT2D eigenvalue weighted by Gasteiger charge is -1.96. The molecule has 12 heavy (non-hydrogen) atoms. The summed E-state index contributed by atoms with van der Waals surface area (Å²) in [6.07, 6.45) is 0. The molecule has 62 valence electrons. The smallest absolute Gasteiger partial charge is 0.0649 e. The Morgan fingerprint density at radius 1 is 1.42 bits per heavy atom. The Hall–Kier alpha value is -0.260. The molecule has 0 nitrogen and oxygen atoms in total. The lowest BCUT2D eigenvalue weighted by atomic mass is 10.1. The van der Waals surface area contributed by atoms with Crippen LogP contribution >= 0.6 is 31.9 Å². The Morgan fingerprint density at radius 3 is 2.83 bits per heavy atom. The van der Waals surface area contributed by atoms with E-state index >= 15 is 0 Å². The molecule has 0 fully saturated rings. The molecule has 0 unspecified atom stereocenters. The highest BCUT2D eigenvalue weighted by atomic mass is 79.9. The van der Waals surface area contributed by atoms with Gasteiger partial charge in [-0.3, -0.25) is 0 Å². The van der Waals surface area contributed by atoms with Crippen LogP contribution in [-0.2, 0) is 0 Å². The van der Waals surface area contributed by atoms with E-state index in [0.29, 0.717) is 5.33 Å². The average Bonchev–Trinajstić information content (AvgIpc) is 2.07. The summed E-state index contributed by atoms with van der Waals surface area (Å²) in [5, 5.41) is 0.716. The second-order valence-electron chi connectivity index (χ2n) is 2.42. The van der Waals surface area contributed by atoms with Gasteiger partial charge < -0.3 is 0 Å². The van der Waals surface area contributed by atoms with E-state index in [-0.39, 0.29) is 0 Å². The topological polar surface area (TPSA) is 0 Å². The van der Waals surface area contributed by atoms with Crippen molar-refractivity contribution in [2.75, 3.05) is 5.33 Å². The van der Waals surface area contributed by atoms with Gasteiger partial charge in [0, 0.05) is 10.0 Å². The predicted octanol–water partition coefficient (Wildman–Crippen LogP) is 3.50. The van der Waals surface area contributed by atoms with Crippen LogP contribution in [0, 0.1) is 18.8 Å². The lowest BCUT2D eigenvalue weighted by molar-refractivity contribution is 1.43. The molecule has 0 heterocycles. The quantitative estimate of drug-likeness (QED) is 0.506. The van der Waals surface area contributed by atoms with Crippen molar-refractivity contribution in [3.05, 3.63) is 33.8 Å². The molecule has 1 aromatic rings. The minimum atomic E-state index is 0.716. The number of aryl methyl sites for hydroxylation is 1. The molecule has 0 amide bonds. The summed E-state index contributed by atoms with van der Waals surface area (Å²) >= 11 is 6.70. The van der Waals surface area contributed by atoms with Crippen LogP contribution < -0.4 is 0 Å². The van der Waals surface area contributed by atoms with E-state index in [9.17, 15) is 0 Å². The van der Waals surface area contributed by atoms with Crippen LogP contribution in [0.2, 0.25) is 0 Å². The van der Waals surface area contributed by atoms with Gasteiger partial charge in [-0.15, -0.1) is 0 Å². The van der Waals surface area contributed by atoms with Crippen molar-refractivity contribution in [3.8, 4) is 11.8 Å². The summed E-state index contributed by atoms with van der Waals surface area (Å²) < 4.78 is 1.06. The molecule has 0 N–H and O–H groups in total. The summed E-state index contributed by atoms with van der Waals surface area (Å²) in [4.78, 5) is 0. The third-order valence-corrected chi connectivity index (χ3v) is 2.38. The maximum atomic E-state index is 3.44. The third kappa shape index (κ3) is 2.66. The van der Waals surface area contributed by atoms with Gasteiger partial charge in [0.1, 0.15) is 0 Å². The van der Waals surface area contributed by atoms with Gasteiger partial charge in [0.05, 0.1) is 5.33 Å². The van der Waals surface area contributed by atoms with Crippen molar-refractivity contribution in [1.29, 1.82) is 0 Å². The van der Waals surface area contributed by atoms with Gasteiger partial charge in [-0.25, -0.2) is 0 Å².